The molecule has 2 rings (SSSR count). The number of aliphatic imine (C=N–C) groups is 1. The van der Waals surface area contributed by atoms with Gasteiger partial charge in [0.15, 0.2) is 11.7 Å². The predicted octanol–water partition coefficient (Wildman–Crippen LogP) is 3.43. The molecule has 0 aliphatic heterocycles. The van der Waals surface area contributed by atoms with Gasteiger partial charge in [-0.05, 0) is 25.2 Å². The monoisotopic (exact) mass is 450 g/mol. The molecular weight excluding hydrogens is 419 g/mol. The van der Waals surface area contributed by atoms with Crippen molar-refractivity contribution in [3.63, 3.8) is 0 Å². The maximum absolute atomic E-state index is 5.85. The zero-order valence-electron chi connectivity index (χ0n) is 15.0. The first kappa shape index (κ1) is 21.2. The van der Waals surface area contributed by atoms with E-state index in [2.05, 4.69) is 34.6 Å². The second-order valence-electron chi connectivity index (χ2n) is 6.36. The first-order valence-electron chi connectivity index (χ1n) is 8.70. The first-order chi connectivity index (χ1) is 11.2. The van der Waals surface area contributed by atoms with Crippen molar-refractivity contribution in [3.8, 4) is 0 Å². The summed E-state index contributed by atoms with van der Waals surface area (Å²) >= 11 is 0. The van der Waals surface area contributed by atoms with E-state index < -0.39 is 0 Å². The number of guanidine groups is 1. The lowest BCUT2D eigenvalue weighted by molar-refractivity contribution is 0.0574. The molecule has 1 heterocycles. The minimum absolute atomic E-state index is 0. The summed E-state index contributed by atoms with van der Waals surface area (Å²) in [4.78, 5) is 4.21. The fraction of sp³-hybridized carbons (Fsp3) is 0.765. The van der Waals surface area contributed by atoms with Gasteiger partial charge in [-0.3, -0.25) is 4.99 Å². The second kappa shape index (κ2) is 11.7. The first-order valence-corrected chi connectivity index (χ1v) is 8.70. The molecule has 0 atom stereocenters. The summed E-state index contributed by atoms with van der Waals surface area (Å²) in [5.74, 6) is 1.97. The van der Waals surface area contributed by atoms with E-state index in [1.165, 1.54) is 25.7 Å². The molecule has 1 saturated carbocycles. The molecule has 2 N–H and O–H groups in total. The van der Waals surface area contributed by atoms with Crippen molar-refractivity contribution in [2.24, 2.45) is 4.99 Å². The highest BCUT2D eigenvalue weighted by Crippen LogP contribution is 2.20. The molecule has 0 radical (unpaired) electrons. The molecule has 1 aliphatic carbocycles. The average Bonchev–Trinajstić information content (AvgIpc) is 3.21. The molecule has 0 unspecified atom stereocenters. The lowest BCUT2D eigenvalue weighted by Crippen LogP contribution is -2.37. The number of ether oxygens (including phenoxy) is 1. The molecule has 1 aliphatic rings. The molecule has 0 spiro atoms. The van der Waals surface area contributed by atoms with Gasteiger partial charge < -0.3 is 19.9 Å². The number of hydrogen-bond donors (Lipinski definition) is 2. The van der Waals surface area contributed by atoms with Crippen molar-refractivity contribution in [1.82, 2.24) is 15.8 Å². The molecule has 0 saturated heterocycles. The number of nitrogens with one attached hydrogen (secondary N) is 2. The van der Waals surface area contributed by atoms with Crippen molar-refractivity contribution in [1.29, 1.82) is 0 Å². The second-order valence-corrected chi connectivity index (χ2v) is 6.36. The molecule has 24 heavy (non-hydrogen) atoms. The average molecular weight is 450 g/mol. The van der Waals surface area contributed by atoms with Crippen molar-refractivity contribution in [2.75, 3.05) is 20.2 Å². The molecule has 1 aromatic rings. The Hall–Kier alpha value is -0.830. The summed E-state index contributed by atoms with van der Waals surface area (Å²) in [6, 6.07) is 1.99. The van der Waals surface area contributed by atoms with E-state index in [0.29, 0.717) is 18.6 Å². The van der Waals surface area contributed by atoms with E-state index in [-0.39, 0.29) is 24.0 Å². The molecule has 0 aromatic carbocycles. The number of aromatic nitrogens is 1. The van der Waals surface area contributed by atoms with E-state index in [1.807, 2.05) is 6.07 Å². The van der Waals surface area contributed by atoms with Gasteiger partial charge in [0, 0.05) is 26.3 Å². The van der Waals surface area contributed by atoms with Crippen LogP contribution in [0.3, 0.4) is 0 Å². The van der Waals surface area contributed by atoms with Crippen LogP contribution in [0, 0.1) is 0 Å². The molecule has 138 valence electrons. The third-order valence-corrected chi connectivity index (χ3v) is 4.09. The van der Waals surface area contributed by atoms with Gasteiger partial charge in [0.25, 0.3) is 0 Å². The molecule has 0 bridgehead atoms. The van der Waals surface area contributed by atoms with Crippen molar-refractivity contribution < 1.29 is 9.26 Å². The molecule has 1 aromatic heterocycles. The van der Waals surface area contributed by atoms with Crippen LogP contribution in [-0.2, 0) is 11.3 Å². The van der Waals surface area contributed by atoms with Crippen LogP contribution in [0.1, 0.15) is 63.3 Å². The quantitative estimate of drug-likeness (QED) is 0.275. The van der Waals surface area contributed by atoms with Crippen molar-refractivity contribution in [3.05, 3.63) is 17.5 Å². The third kappa shape index (κ3) is 7.38. The van der Waals surface area contributed by atoms with E-state index in [0.717, 1.165) is 37.0 Å². The van der Waals surface area contributed by atoms with Crippen LogP contribution >= 0.6 is 24.0 Å². The lowest BCUT2D eigenvalue weighted by atomic mass is 10.1. The van der Waals surface area contributed by atoms with Gasteiger partial charge in [0.1, 0.15) is 0 Å². The molecule has 6 nitrogen and oxygen atoms in total. The summed E-state index contributed by atoms with van der Waals surface area (Å²) in [6.07, 6.45) is 6.57. The number of nitrogens with zero attached hydrogens (tertiary/aromatic N) is 2. The lowest BCUT2D eigenvalue weighted by Gasteiger charge is -2.13. The Morgan fingerprint density at radius 1 is 1.38 bits per heavy atom. The van der Waals surface area contributed by atoms with Crippen LogP contribution in [0.5, 0.6) is 0 Å². The van der Waals surface area contributed by atoms with Crippen LogP contribution < -0.4 is 10.6 Å². The van der Waals surface area contributed by atoms with Gasteiger partial charge in [-0.15, -0.1) is 24.0 Å². The number of halogens is 1. The summed E-state index contributed by atoms with van der Waals surface area (Å²) in [7, 11) is 1.77. The van der Waals surface area contributed by atoms with E-state index in [4.69, 9.17) is 9.26 Å². The van der Waals surface area contributed by atoms with Gasteiger partial charge in [-0.25, -0.2) is 0 Å². The van der Waals surface area contributed by atoms with Gasteiger partial charge in [-0.1, -0.05) is 31.8 Å². The van der Waals surface area contributed by atoms with Crippen LogP contribution in [0.15, 0.2) is 15.6 Å². The minimum Gasteiger partial charge on any atom is -0.378 e. The fourth-order valence-corrected chi connectivity index (χ4v) is 2.66. The normalized spacial score (nSPS) is 15.6. The van der Waals surface area contributed by atoms with Gasteiger partial charge in [-0.2, -0.15) is 0 Å². The van der Waals surface area contributed by atoms with Crippen molar-refractivity contribution >= 4 is 29.9 Å². The highest BCUT2D eigenvalue weighted by Gasteiger charge is 2.14. The van der Waals surface area contributed by atoms with Gasteiger partial charge >= 0.3 is 0 Å². The standard InChI is InChI=1S/C17H30N4O2.HI/c1-13(2)16-11-15(23-21-16)12-20-17(18-3)19-9-6-10-22-14-7-4-5-8-14;/h11,13-14H,4-10,12H2,1-3H3,(H2,18,19,20);1H. The van der Waals surface area contributed by atoms with Crippen LogP contribution in [0.2, 0.25) is 0 Å². The van der Waals surface area contributed by atoms with E-state index in [1.54, 1.807) is 7.05 Å². The van der Waals surface area contributed by atoms with E-state index in [9.17, 15) is 0 Å². The van der Waals surface area contributed by atoms with Crippen LogP contribution in [-0.4, -0.2) is 37.4 Å². The smallest absolute Gasteiger partial charge is 0.191 e. The Labute approximate surface area is 162 Å². The third-order valence-electron chi connectivity index (χ3n) is 4.09. The maximum Gasteiger partial charge on any atom is 0.191 e. The van der Waals surface area contributed by atoms with Crippen LogP contribution in [0.4, 0.5) is 0 Å². The Kier molecular flexibility index (Phi) is 10.3. The number of rotatable bonds is 8. The van der Waals surface area contributed by atoms with E-state index >= 15 is 0 Å². The Bertz CT molecular complexity index is 485. The summed E-state index contributed by atoms with van der Waals surface area (Å²) in [6.45, 7) is 6.44. The maximum atomic E-state index is 5.85. The zero-order valence-corrected chi connectivity index (χ0v) is 17.3. The summed E-state index contributed by atoms with van der Waals surface area (Å²) in [5.41, 5.74) is 0.980. The predicted molar refractivity (Wildman–Crippen MR) is 107 cm³/mol. The van der Waals surface area contributed by atoms with Gasteiger partial charge in [0.05, 0.1) is 18.3 Å². The Balaban J connectivity index is 0.00000288. The zero-order chi connectivity index (χ0) is 16.5. The molecule has 7 heteroatoms. The van der Waals surface area contributed by atoms with Crippen LogP contribution in [0.25, 0.3) is 0 Å². The molecular formula is C17H31IN4O2. The highest BCUT2D eigenvalue weighted by molar-refractivity contribution is 14.0. The van der Waals surface area contributed by atoms with Gasteiger partial charge in [0.2, 0.25) is 0 Å². The molecule has 1 fully saturated rings. The molecule has 0 amide bonds. The largest absolute Gasteiger partial charge is 0.378 e. The Morgan fingerprint density at radius 3 is 2.75 bits per heavy atom. The topological polar surface area (TPSA) is 71.7 Å². The fourth-order valence-electron chi connectivity index (χ4n) is 2.66. The highest BCUT2D eigenvalue weighted by atomic mass is 127. The Morgan fingerprint density at radius 2 is 2.12 bits per heavy atom. The minimum atomic E-state index is 0. The SMILES string of the molecule is CN=C(NCCCOC1CCCC1)NCc1cc(C(C)C)no1.I. The van der Waals surface area contributed by atoms with Crippen molar-refractivity contribution in [2.45, 2.75) is 64.5 Å². The summed E-state index contributed by atoms with van der Waals surface area (Å²) < 4.78 is 11.2. The number of hydrogen-bond acceptors (Lipinski definition) is 4. The summed E-state index contributed by atoms with van der Waals surface area (Å²) in [5, 5.41) is 10.6.